The van der Waals surface area contributed by atoms with Crippen LogP contribution >= 0.6 is 0 Å². The molecule has 0 saturated carbocycles. The molecule has 1 aliphatic heterocycles. The Morgan fingerprint density at radius 3 is 2.40 bits per heavy atom. The standard InChI is InChI=1S/C15H15NO3S/c17-13-10-12-6-4-5-9-15(12)16(11-13)20(18,19)14-7-2-1-3-8-14/h1-9,13,17H,10-11H2. The summed E-state index contributed by atoms with van der Waals surface area (Å²) in [6, 6.07) is 15.6. The van der Waals surface area contributed by atoms with Crippen molar-refractivity contribution in [3.05, 3.63) is 60.2 Å². The van der Waals surface area contributed by atoms with Crippen LogP contribution in [-0.4, -0.2) is 26.2 Å². The maximum atomic E-state index is 12.7. The Morgan fingerprint density at radius 2 is 1.65 bits per heavy atom. The van der Waals surface area contributed by atoms with Gasteiger partial charge in [0.1, 0.15) is 0 Å². The van der Waals surface area contributed by atoms with Gasteiger partial charge < -0.3 is 5.11 Å². The Kier molecular flexibility index (Phi) is 3.23. The lowest BCUT2D eigenvalue weighted by Crippen LogP contribution is -2.42. The van der Waals surface area contributed by atoms with E-state index >= 15 is 0 Å². The lowest BCUT2D eigenvalue weighted by Gasteiger charge is -2.33. The van der Waals surface area contributed by atoms with E-state index in [0.717, 1.165) is 5.56 Å². The van der Waals surface area contributed by atoms with Gasteiger partial charge in [-0.25, -0.2) is 8.42 Å². The van der Waals surface area contributed by atoms with Crippen molar-refractivity contribution in [3.63, 3.8) is 0 Å². The van der Waals surface area contributed by atoms with Crippen LogP contribution in [0.2, 0.25) is 0 Å². The molecule has 1 heterocycles. The molecule has 0 aromatic heterocycles. The summed E-state index contributed by atoms with van der Waals surface area (Å²) in [4.78, 5) is 0.240. The number of anilines is 1. The van der Waals surface area contributed by atoms with Crippen molar-refractivity contribution in [1.29, 1.82) is 0 Å². The zero-order valence-corrected chi connectivity index (χ0v) is 11.6. The van der Waals surface area contributed by atoms with Crippen molar-refractivity contribution >= 4 is 15.7 Å². The van der Waals surface area contributed by atoms with E-state index in [-0.39, 0.29) is 11.4 Å². The van der Waals surface area contributed by atoms with Crippen molar-refractivity contribution in [1.82, 2.24) is 0 Å². The first-order valence-corrected chi connectivity index (χ1v) is 7.87. The Bertz CT molecular complexity index is 713. The number of aliphatic hydroxyl groups is 1. The number of hydrogen-bond donors (Lipinski definition) is 1. The molecule has 0 fully saturated rings. The molecule has 1 aliphatic rings. The summed E-state index contributed by atoms with van der Waals surface area (Å²) < 4.78 is 26.7. The van der Waals surface area contributed by atoms with Crippen molar-refractivity contribution in [3.8, 4) is 0 Å². The molecular formula is C15H15NO3S. The van der Waals surface area contributed by atoms with E-state index in [1.807, 2.05) is 18.2 Å². The monoisotopic (exact) mass is 289 g/mol. The van der Waals surface area contributed by atoms with Crippen LogP contribution in [0.25, 0.3) is 0 Å². The zero-order chi connectivity index (χ0) is 14.2. The van der Waals surface area contributed by atoms with Crippen molar-refractivity contribution in [2.24, 2.45) is 0 Å². The average Bonchev–Trinajstić information content (AvgIpc) is 2.47. The van der Waals surface area contributed by atoms with Crippen LogP contribution in [0.4, 0.5) is 5.69 Å². The highest BCUT2D eigenvalue weighted by Gasteiger charge is 2.32. The molecular weight excluding hydrogens is 274 g/mol. The molecule has 1 N–H and O–H groups in total. The molecule has 3 rings (SSSR count). The van der Waals surface area contributed by atoms with Gasteiger partial charge >= 0.3 is 0 Å². The summed E-state index contributed by atoms with van der Waals surface area (Å²) >= 11 is 0. The van der Waals surface area contributed by atoms with Crippen molar-refractivity contribution in [2.45, 2.75) is 17.4 Å². The minimum Gasteiger partial charge on any atom is -0.391 e. The van der Waals surface area contributed by atoms with Gasteiger partial charge in [-0.3, -0.25) is 4.31 Å². The SMILES string of the molecule is O=S(=O)(c1ccccc1)N1CC(O)Cc2ccccc21. The maximum Gasteiger partial charge on any atom is 0.264 e. The third-order valence-electron chi connectivity index (χ3n) is 3.42. The van der Waals surface area contributed by atoms with E-state index in [9.17, 15) is 13.5 Å². The van der Waals surface area contributed by atoms with Crippen LogP contribution in [0.3, 0.4) is 0 Å². The molecule has 0 amide bonds. The van der Waals surface area contributed by atoms with Gasteiger partial charge in [-0.2, -0.15) is 0 Å². The first-order chi connectivity index (χ1) is 9.59. The van der Waals surface area contributed by atoms with E-state index in [4.69, 9.17) is 0 Å². The fourth-order valence-corrected chi connectivity index (χ4v) is 4.04. The zero-order valence-electron chi connectivity index (χ0n) is 10.8. The third kappa shape index (κ3) is 2.19. The third-order valence-corrected chi connectivity index (χ3v) is 5.22. The van der Waals surface area contributed by atoms with Crippen LogP contribution in [-0.2, 0) is 16.4 Å². The minimum atomic E-state index is -3.64. The lowest BCUT2D eigenvalue weighted by molar-refractivity contribution is 0.180. The van der Waals surface area contributed by atoms with Crippen LogP contribution < -0.4 is 4.31 Å². The molecule has 20 heavy (non-hydrogen) atoms. The highest BCUT2D eigenvalue weighted by Crippen LogP contribution is 2.31. The molecule has 0 spiro atoms. The van der Waals surface area contributed by atoms with Gasteiger partial charge in [0.25, 0.3) is 10.0 Å². The topological polar surface area (TPSA) is 57.6 Å². The average molecular weight is 289 g/mol. The molecule has 104 valence electrons. The number of rotatable bonds is 2. The predicted octanol–water partition coefficient (Wildman–Crippen LogP) is 1.80. The Hall–Kier alpha value is -1.85. The van der Waals surface area contributed by atoms with E-state index in [2.05, 4.69) is 0 Å². The fourth-order valence-electron chi connectivity index (χ4n) is 2.48. The van der Waals surface area contributed by atoms with Gasteiger partial charge in [0.05, 0.1) is 23.2 Å². The first-order valence-electron chi connectivity index (χ1n) is 6.43. The van der Waals surface area contributed by atoms with Crippen molar-refractivity contribution < 1.29 is 13.5 Å². The quantitative estimate of drug-likeness (QED) is 0.917. The lowest BCUT2D eigenvalue weighted by atomic mass is 10.0. The Balaban J connectivity index is 2.11. The van der Waals surface area contributed by atoms with Crippen LogP contribution in [0.5, 0.6) is 0 Å². The number of benzene rings is 2. The van der Waals surface area contributed by atoms with Crippen molar-refractivity contribution in [2.75, 3.05) is 10.8 Å². The fraction of sp³-hybridized carbons (Fsp3) is 0.200. The van der Waals surface area contributed by atoms with Crippen LogP contribution in [0, 0.1) is 0 Å². The summed E-state index contributed by atoms with van der Waals surface area (Å²) in [6.45, 7) is 0.0915. The molecule has 0 aliphatic carbocycles. The van der Waals surface area contributed by atoms with Crippen LogP contribution in [0.15, 0.2) is 59.5 Å². The predicted molar refractivity (Wildman–Crippen MR) is 77.1 cm³/mol. The van der Waals surface area contributed by atoms with Gasteiger partial charge in [-0.15, -0.1) is 0 Å². The molecule has 2 aromatic carbocycles. The number of fused-ring (bicyclic) bond motifs is 1. The highest BCUT2D eigenvalue weighted by molar-refractivity contribution is 7.92. The summed E-state index contributed by atoms with van der Waals surface area (Å²) in [5.41, 5.74) is 1.51. The number of aliphatic hydroxyl groups excluding tert-OH is 1. The highest BCUT2D eigenvalue weighted by atomic mass is 32.2. The molecule has 0 bridgehead atoms. The van der Waals surface area contributed by atoms with E-state index < -0.39 is 16.1 Å². The van der Waals surface area contributed by atoms with E-state index in [1.165, 1.54) is 4.31 Å². The summed E-state index contributed by atoms with van der Waals surface area (Å²) in [5.74, 6) is 0. The number of sulfonamides is 1. The molecule has 1 atom stereocenters. The van der Waals surface area contributed by atoms with Gasteiger partial charge in [0.2, 0.25) is 0 Å². The smallest absolute Gasteiger partial charge is 0.264 e. The Morgan fingerprint density at radius 1 is 1.00 bits per heavy atom. The second kappa shape index (κ2) is 4.92. The number of β-amino-alcohol motifs (C(OH)–C–C–N with tert-alkyl or cyclic N) is 1. The number of nitrogens with zero attached hydrogens (tertiary/aromatic N) is 1. The van der Waals surface area contributed by atoms with Gasteiger partial charge in [-0.1, -0.05) is 36.4 Å². The van der Waals surface area contributed by atoms with Gasteiger partial charge in [0, 0.05) is 6.42 Å². The molecule has 4 nitrogen and oxygen atoms in total. The Labute approximate surface area is 118 Å². The van der Waals surface area contributed by atoms with E-state index in [0.29, 0.717) is 12.1 Å². The summed E-state index contributed by atoms with van der Waals surface area (Å²) in [5, 5.41) is 9.93. The number of hydrogen-bond acceptors (Lipinski definition) is 3. The number of para-hydroxylation sites is 1. The second-order valence-electron chi connectivity index (χ2n) is 4.84. The molecule has 1 unspecified atom stereocenters. The first kappa shape index (κ1) is 13.1. The molecule has 2 aromatic rings. The van der Waals surface area contributed by atoms with Gasteiger partial charge in [0.15, 0.2) is 0 Å². The molecule has 0 radical (unpaired) electrons. The summed E-state index contributed by atoms with van der Waals surface area (Å²) in [7, 11) is -3.64. The normalized spacial score (nSPS) is 18.6. The summed E-state index contributed by atoms with van der Waals surface area (Å²) in [6.07, 6.45) is -0.194. The second-order valence-corrected chi connectivity index (χ2v) is 6.70. The minimum absolute atomic E-state index is 0.0915. The largest absolute Gasteiger partial charge is 0.391 e. The molecule has 5 heteroatoms. The maximum absolute atomic E-state index is 12.7. The molecule has 0 saturated heterocycles. The van der Waals surface area contributed by atoms with Crippen LogP contribution in [0.1, 0.15) is 5.56 Å². The van der Waals surface area contributed by atoms with E-state index in [1.54, 1.807) is 36.4 Å². The van der Waals surface area contributed by atoms with Gasteiger partial charge in [-0.05, 0) is 23.8 Å².